The van der Waals surface area contributed by atoms with Crippen LogP contribution in [-0.2, 0) is 4.79 Å². The third kappa shape index (κ3) is 6.66. The van der Waals surface area contributed by atoms with Crippen LogP contribution in [-0.4, -0.2) is 25.1 Å². The molecule has 1 atom stereocenters. The largest absolute Gasteiger partial charge is 0.484 e. The summed E-state index contributed by atoms with van der Waals surface area (Å²) in [7, 11) is 0. The van der Waals surface area contributed by atoms with E-state index in [4.69, 9.17) is 27.9 Å². The molecule has 3 N–H and O–H groups in total. The highest BCUT2D eigenvalue weighted by molar-refractivity contribution is 6.35. The summed E-state index contributed by atoms with van der Waals surface area (Å²) in [6, 6.07) is 11.2. The van der Waals surface area contributed by atoms with Gasteiger partial charge >= 0.3 is 6.03 Å². The number of hydrogen-bond acceptors (Lipinski definition) is 3. The number of anilines is 1. The molecule has 8 heteroatoms. The number of hydrogen-bond donors (Lipinski definition) is 3. The van der Waals surface area contributed by atoms with Crippen LogP contribution in [0.25, 0.3) is 0 Å². The number of benzene rings is 2. The zero-order chi connectivity index (χ0) is 19.8. The third-order valence-electron chi connectivity index (χ3n) is 3.63. The zero-order valence-electron chi connectivity index (χ0n) is 15.0. The van der Waals surface area contributed by atoms with Crippen molar-refractivity contribution in [3.05, 3.63) is 58.1 Å². The lowest BCUT2D eigenvalue weighted by Crippen LogP contribution is -2.31. The molecule has 2 aromatic carbocycles. The van der Waals surface area contributed by atoms with Gasteiger partial charge in [-0.25, -0.2) is 4.79 Å². The SMILES string of the molecule is CCNC(=O)COc1ccc(NC(=O)N[C@H](C)c2ccc(Cl)cc2Cl)cc1. The van der Waals surface area contributed by atoms with E-state index < -0.39 is 0 Å². The standard InChI is InChI=1S/C19H21Cl2N3O3/c1-3-22-18(25)11-27-15-7-5-14(6-8-15)24-19(26)23-12(2)16-9-4-13(20)10-17(16)21/h4-10,12H,3,11H2,1-2H3,(H,22,25)(H2,23,24,26)/t12-/m1/s1. The van der Waals surface area contributed by atoms with Crippen molar-refractivity contribution in [2.75, 3.05) is 18.5 Å². The number of urea groups is 1. The van der Waals surface area contributed by atoms with Gasteiger partial charge in [0.25, 0.3) is 5.91 Å². The molecule has 144 valence electrons. The van der Waals surface area contributed by atoms with E-state index in [9.17, 15) is 9.59 Å². The minimum Gasteiger partial charge on any atom is -0.484 e. The van der Waals surface area contributed by atoms with E-state index in [-0.39, 0.29) is 24.6 Å². The van der Waals surface area contributed by atoms with Crippen molar-refractivity contribution in [1.82, 2.24) is 10.6 Å². The van der Waals surface area contributed by atoms with E-state index in [1.54, 1.807) is 42.5 Å². The van der Waals surface area contributed by atoms with Gasteiger partial charge in [0.2, 0.25) is 0 Å². The predicted octanol–water partition coefficient (Wildman–Crippen LogP) is 4.39. The molecule has 6 nitrogen and oxygen atoms in total. The topological polar surface area (TPSA) is 79.5 Å². The number of nitrogens with one attached hydrogen (secondary N) is 3. The molecule has 0 aromatic heterocycles. The molecule has 2 rings (SSSR count). The molecule has 0 saturated carbocycles. The van der Waals surface area contributed by atoms with Crippen molar-refractivity contribution in [2.24, 2.45) is 0 Å². The monoisotopic (exact) mass is 409 g/mol. The van der Waals surface area contributed by atoms with Crippen LogP contribution in [0.1, 0.15) is 25.5 Å². The van der Waals surface area contributed by atoms with E-state index in [0.717, 1.165) is 5.56 Å². The van der Waals surface area contributed by atoms with Crippen LogP contribution in [0.3, 0.4) is 0 Å². The van der Waals surface area contributed by atoms with Gasteiger partial charge in [-0.3, -0.25) is 4.79 Å². The second-order valence-electron chi connectivity index (χ2n) is 5.75. The number of carbonyl (C=O) groups is 2. The van der Waals surface area contributed by atoms with Crippen molar-refractivity contribution in [2.45, 2.75) is 19.9 Å². The minimum absolute atomic E-state index is 0.0551. The normalized spacial score (nSPS) is 11.4. The summed E-state index contributed by atoms with van der Waals surface area (Å²) in [5.74, 6) is 0.349. The van der Waals surface area contributed by atoms with Crippen LogP contribution < -0.4 is 20.7 Å². The van der Waals surface area contributed by atoms with Crippen molar-refractivity contribution in [3.63, 3.8) is 0 Å². The molecule has 0 unspecified atom stereocenters. The average Bonchev–Trinajstić information content (AvgIpc) is 2.61. The summed E-state index contributed by atoms with van der Waals surface area (Å²) in [6.45, 7) is 4.17. The summed E-state index contributed by atoms with van der Waals surface area (Å²) in [4.78, 5) is 23.5. The highest BCUT2D eigenvalue weighted by atomic mass is 35.5. The zero-order valence-corrected chi connectivity index (χ0v) is 16.5. The molecule has 0 aliphatic rings. The lowest BCUT2D eigenvalue weighted by Gasteiger charge is -2.16. The van der Waals surface area contributed by atoms with E-state index in [1.807, 2.05) is 13.8 Å². The van der Waals surface area contributed by atoms with Gasteiger partial charge in [-0.05, 0) is 55.8 Å². The Labute approximate surface area is 168 Å². The van der Waals surface area contributed by atoms with Gasteiger partial charge in [0, 0.05) is 22.3 Å². The first-order valence-corrected chi connectivity index (χ1v) is 9.16. The third-order valence-corrected chi connectivity index (χ3v) is 4.20. The number of amides is 3. The highest BCUT2D eigenvalue weighted by Crippen LogP contribution is 2.26. The summed E-state index contributed by atoms with van der Waals surface area (Å²) in [5, 5.41) is 9.22. The van der Waals surface area contributed by atoms with Gasteiger partial charge < -0.3 is 20.7 Å². The molecule has 0 heterocycles. The number of carbonyl (C=O) groups excluding carboxylic acids is 2. The van der Waals surface area contributed by atoms with Gasteiger partial charge in [0.15, 0.2) is 6.61 Å². The number of halogens is 2. The Kier molecular flexibility index (Phi) is 7.76. The van der Waals surface area contributed by atoms with Gasteiger partial charge in [-0.1, -0.05) is 29.3 Å². The van der Waals surface area contributed by atoms with Crippen LogP contribution in [0.5, 0.6) is 5.75 Å². The second kappa shape index (κ2) is 10.0. The van der Waals surface area contributed by atoms with E-state index in [2.05, 4.69) is 16.0 Å². The second-order valence-corrected chi connectivity index (χ2v) is 6.60. The van der Waals surface area contributed by atoms with Crippen molar-refractivity contribution >= 4 is 40.8 Å². The lowest BCUT2D eigenvalue weighted by molar-refractivity contribution is -0.122. The number of ether oxygens (including phenoxy) is 1. The lowest BCUT2D eigenvalue weighted by atomic mass is 10.1. The van der Waals surface area contributed by atoms with E-state index in [0.29, 0.717) is 28.0 Å². The Balaban J connectivity index is 1.87. The van der Waals surface area contributed by atoms with Crippen molar-refractivity contribution in [3.8, 4) is 5.75 Å². The van der Waals surface area contributed by atoms with Crippen LogP contribution in [0.2, 0.25) is 10.0 Å². The van der Waals surface area contributed by atoms with Crippen LogP contribution in [0, 0.1) is 0 Å². The maximum absolute atomic E-state index is 12.2. The van der Waals surface area contributed by atoms with Crippen molar-refractivity contribution in [1.29, 1.82) is 0 Å². The summed E-state index contributed by atoms with van der Waals surface area (Å²) in [5.41, 5.74) is 1.36. The fourth-order valence-corrected chi connectivity index (χ4v) is 2.90. The summed E-state index contributed by atoms with van der Waals surface area (Å²) in [6.07, 6.45) is 0. The first-order chi connectivity index (χ1) is 12.9. The molecule has 0 aliphatic carbocycles. The Morgan fingerprint density at radius 2 is 1.81 bits per heavy atom. The maximum Gasteiger partial charge on any atom is 0.319 e. The molecule has 2 aromatic rings. The molecule has 0 saturated heterocycles. The predicted molar refractivity (Wildman–Crippen MR) is 108 cm³/mol. The Bertz CT molecular complexity index is 797. The Morgan fingerprint density at radius 3 is 2.44 bits per heavy atom. The molecule has 0 radical (unpaired) electrons. The minimum atomic E-state index is -0.371. The maximum atomic E-state index is 12.2. The molecular weight excluding hydrogens is 389 g/mol. The summed E-state index contributed by atoms with van der Waals surface area (Å²) >= 11 is 12.0. The molecule has 0 spiro atoms. The van der Waals surface area contributed by atoms with Gasteiger partial charge in [-0.15, -0.1) is 0 Å². The number of likely N-dealkylation sites (N-methyl/N-ethyl adjacent to an activating group) is 1. The van der Waals surface area contributed by atoms with E-state index >= 15 is 0 Å². The van der Waals surface area contributed by atoms with Crippen LogP contribution in [0.4, 0.5) is 10.5 Å². The average molecular weight is 410 g/mol. The molecule has 3 amide bonds. The molecular formula is C19H21Cl2N3O3. The molecule has 27 heavy (non-hydrogen) atoms. The fraction of sp³-hybridized carbons (Fsp3) is 0.263. The molecule has 0 fully saturated rings. The van der Waals surface area contributed by atoms with Gasteiger partial charge in [0.05, 0.1) is 6.04 Å². The quantitative estimate of drug-likeness (QED) is 0.634. The molecule has 0 bridgehead atoms. The first-order valence-electron chi connectivity index (χ1n) is 8.41. The van der Waals surface area contributed by atoms with Gasteiger partial charge in [-0.2, -0.15) is 0 Å². The number of rotatable bonds is 7. The van der Waals surface area contributed by atoms with Crippen LogP contribution >= 0.6 is 23.2 Å². The fourth-order valence-electron chi connectivity index (χ4n) is 2.33. The van der Waals surface area contributed by atoms with Crippen molar-refractivity contribution < 1.29 is 14.3 Å². The van der Waals surface area contributed by atoms with Crippen LogP contribution in [0.15, 0.2) is 42.5 Å². The molecule has 0 aliphatic heterocycles. The van der Waals surface area contributed by atoms with Gasteiger partial charge in [0.1, 0.15) is 5.75 Å². The first kappa shape index (κ1) is 20.9. The van der Waals surface area contributed by atoms with E-state index in [1.165, 1.54) is 0 Å². The highest BCUT2D eigenvalue weighted by Gasteiger charge is 2.13. The smallest absolute Gasteiger partial charge is 0.319 e. The Morgan fingerprint density at radius 1 is 1.11 bits per heavy atom. The Hall–Kier alpha value is -2.44. The summed E-state index contributed by atoms with van der Waals surface area (Å²) < 4.78 is 5.36.